The van der Waals surface area contributed by atoms with Gasteiger partial charge in [-0.25, -0.2) is 0 Å². The molecule has 2 fully saturated rings. The van der Waals surface area contributed by atoms with Crippen molar-refractivity contribution in [3.05, 3.63) is 35.4 Å². The van der Waals surface area contributed by atoms with E-state index in [0.29, 0.717) is 17.9 Å². The molecule has 1 amide bonds. The van der Waals surface area contributed by atoms with Gasteiger partial charge < -0.3 is 5.32 Å². The number of hydrogen-bond acceptors (Lipinski definition) is 4. The normalized spacial score (nSPS) is 20.5. The number of rotatable bonds is 5. The van der Waals surface area contributed by atoms with Crippen LogP contribution in [0.2, 0.25) is 0 Å². The molecule has 7 nitrogen and oxygen atoms in total. The minimum Gasteiger partial charge on any atom is -0.353 e. The Labute approximate surface area is 147 Å². The van der Waals surface area contributed by atoms with Gasteiger partial charge >= 0.3 is 0 Å². The van der Waals surface area contributed by atoms with Crippen molar-refractivity contribution >= 4 is 5.91 Å². The number of amides is 1. The standard InChI is InChI=1S/C18H26N6O/c1-13-6-15(23-22-13)12-24-4-2-18(3-5-24)8-16(9-18)21-17(25)7-14-10-19-20-11-14/h6,10-11,16H,2-5,7-9,12H2,1H3,(H,19,20)(H,21,25)(H,22,23). The van der Waals surface area contributed by atoms with E-state index in [1.165, 1.54) is 12.8 Å². The van der Waals surface area contributed by atoms with Crippen molar-refractivity contribution in [2.24, 2.45) is 5.41 Å². The fourth-order valence-corrected chi connectivity index (χ4v) is 4.30. The number of carbonyl (C=O) groups excluding carboxylic acids is 1. The van der Waals surface area contributed by atoms with Crippen molar-refractivity contribution in [3.63, 3.8) is 0 Å². The highest BCUT2D eigenvalue weighted by atomic mass is 16.1. The van der Waals surface area contributed by atoms with Crippen molar-refractivity contribution in [3.8, 4) is 0 Å². The fourth-order valence-electron chi connectivity index (χ4n) is 4.30. The van der Waals surface area contributed by atoms with Crippen LogP contribution in [0.1, 0.15) is 42.6 Å². The highest BCUT2D eigenvalue weighted by molar-refractivity contribution is 5.78. The van der Waals surface area contributed by atoms with E-state index in [-0.39, 0.29) is 5.91 Å². The molecule has 1 saturated heterocycles. The third-order valence-corrected chi connectivity index (χ3v) is 5.70. The Morgan fingerprint density at radius 1 is 1.40 bits per heavy atom. The molecule has 1 saturated carbocycles. The molecule has 0 radical (unpaired) electrons. The van der Waals surface area contributed by atoms with Gasteiger partial charge in [0, 0.05) is 24.5 Å². The summed E-state index contributed by atoms with van der Waals surface area (Å²) in [5.41, 5.74) is 3.64. The molecular weight excluding hydrogens is 316 g/mol. The molecule has 2 aromatic rings. The molecule has 0 unspecified atom stereocenters. The first-order valence-corrected chi connectivity index (χ1v) is 9.11. The van der Waals surface area contributed by atoms with Gasteiger partial charge in [0.05, 0.1) is 18.3 Å². The first-order chi connectivity index (χ1) is 12.1. The van der Waals surface area contributed by atoms with Gasteiger partial charge in [-0.05, 0) is 62.7 Å². The van der Waals surface area contributed by atoms with Crippen molar-refractivity contribution in [1.82, 2.24) is 30.6 Å². The van der Waals surface area contributed by atoms with Crippen molar-refractivity contribution in [1.29, 1.82) is 0 Å². The van der Waals surface area contributed by atoms with E-state index in [1.54, 1.807) is 12.4 Å². The lowest BCUT2D eigenvalue weighted by atomic mass is 9.60. The number of H-pyrrole nitrogens is 2. The Balaban J connectivity index is 1.19. The lowest BCUT2D eigenvalue weighted by Gasteiger charge is -2.52. The molecule has 1 spiro atoms. The summed E-state index contributed by atoms with van der Waals surface area (Å²) in [5, 5.41) is 17.1. The van der Waals surface area contributed by atoms with Crippen molar-refractivity contribution < 1.29 is 4.79 Å². The van der Waals surface area contributed by atoms with Gasteiger partial charge in [0.15, 0.2) is 0 Å². The summed E-state index contributed by atoms with van der Waals surface area (Å²) < 4.78 is 0. The second kappa shape index (κ2) is 6.63. The molecule has 2 aromatic heterocycles. The van der Waals surface area contributed by atoms with Crippen molar-refractivity contribution in [2.45, 2.75) is 51.6 Å². The van der Waals surface area contributed by atoms with Crippen LogP contribution in [0.5, 0.6) is 0 Å². The van der Waals surface area contributed by atoms with E-state index in [4.69, 9.17) is 0 Å². The Bertz CT molecular complexity index is 706. The number of aromatic amines is 2. The maximum absolute atomic E-state index is 12.1. The highest BCUT2D eigenvalue weighted by Gasteiger charge is 2.46. The van der Waals surface area contributed by atoms with Gasteiger partial charge in [-0.2, -0.15) is 10.2 Å². The Morgan fingerprint density at radius 3 is 2.84 bits per heavy atom. The average Bonchev–Trinajstić information content (AvgIpc) is 3.19. The number of hydrogen-bond donors (Lipinski definition) is 3. The molecule has 4 rings (SSSR count). The van der Waals surface area contributed by atoms with Crippen LogP contribution in [0, 0.1) is 12.3 Å². The number of nitrogens with zero attached hydrogens (tertiary/aromatic N) is 3. The Kier molecular flexibility index (Phi) is 4.33. The molecule has 1 aliphatic carbocycles. The molecule has 3 N–H and O–H groups in total. The second-order valence-corrected chi connectivity index (χ2v) is 7.77. The lowest BCUT2D eigenvalue weighted by Crippen LogP contribution is -2.55. The molecule has 2 aliphatic rings. The predicted molar refractivity (Wildman–Crippen MR) is 93.7 cm³/mol. The van der Waals surface area contributed by atoms with Crippen LogP contribution in [-0.4, -0.2) is 50.3 Å². The van der Waals surface area contributed by atoms with E-state index in [9.17, 15) is 4.79 Å². The fraction of sp³-hybridized carbons (Fsp3) is 0.611. The summed E-state index contributed by atoms with van der Waals surface area (Å²) >= 11 is 0. The van der Waals surface area contributed by atoms with E-state index < -0.39 is 0 Å². The van der Waals surface area contributed by atoms with E-state index in [1.807, 2.05) is 6.92 Å². The second-order valence-electron chi connectivity index (χ2n) is 7.77. The Hall–Kier alpha value is -2.15. The molecular formula is C18H26N6O. The average molecular weight is 342 g/mol. The van der Waals surface area contributed by atoms with E-state index >= 15 is 0 Å². The molecule has 7 heteroatoms. The highest BCUT2D eigenvalue weighted by Crippen LogP contribution is 2.49. The van der Waals surface area contributed by atoms with Gasteiger partial charge in [-0.1, -0.05) is 0 Å². The summed E-state index contributed by atoms with van der Waals surface area (Å²) in [5.74, 6) is 0.104. The maximum atomic E-state index is 12.1. The maximum Gasteiger partial charge on any atom is 0.224 e. The van der Waals surface area contributed by atoms with Gasteiger partial charge in [-0.15, -0.1) is 0 Å². The van der Waals surface area contributed by atoms with Crippen LogP contribution in [0.4, 0.5) is 0 Å². The predicted octanol–water partition coefficient (Wildman–Crippen LogP) is 1.54. The molecule has 0 atom stereocenters. The van der Waals surface area contributed by atoms with Crippen LogP contribution in [-0.2, 0) is 17.8 Å². The van der Waals surface area contributed by atoms with Crippen LogP contribution >= 0.6 is 0 Å². The number of piperidine rings is 1. The summed E-state index contributed by atoms with van der Waals surface area (Å²) in [6, 6.07) is 2.47. The number of nitrogens with one attached hydrogen (secondary N) is 3. The van der Waals surface area contributed by atoms with E-state index in [2.05, 4.69) is 36.7 Å². The summed E-state index contributed by atoms with van der Waals surface area (Å²) in [6.45, 7) is 5.23. The number of likely N-dealkylation sites (tertiary alicyclic amines) is 1. The van der Waals surface area contributed by atoms with Gasteiger partial charge in [0.1, 0.15) is 0 Å². The van der Waals surface area contributed by atoms with Gasteiger partial charge in [0.25, 0.3) is 0 Å². The lowest BCUT2D eigenvalue weighted by molar-refractivity contribution is -0.123. The number of aromatic nitrogens is 4. The minimum atomic E-state index is 0.104. The Morgan fingerprint density at radius 2 is 2.20 bits per heavy atom. The smallest absolute Gasteiger partial charge is 0.224 e. The van der Waals surface area contributed by atoms with Gasteiger partial charge in [0.2, 0.25) is 5.91 Å². The minimum absolute atomic E-state index is 0.104. The van der Waals surface area contributed by atoms with Crippen LogP contribution in [0.25, 0.3) is 0 Å². The zero-order valence-corrected chi connectivity index (χ0v) is 14.7. The summed E-state index contributed by atoms with van der Waals surface area (Å²) in [7, 11) is 0. The topological polar surface area (TPSA) is 89.7 Å². The van der Waals surface area contributed by atoms with Crippen LogP contribution < -0.4 is 5.32 Å². The van der Waals surface area contributed by atoms with E-state index in [0.717, 1.165) is 49.4 Å². The summed E-state index contributed by atoms with van der Waals surface area (Å²) in [6.07, 6.45) is 8.60. The molecule has 25 heavy (non-hydrogen) atoms. The molecule has 3 heterocycles. The first kappa shape index (κ1) is 16.3. The molecule has 0 aromatic carbocycles. The zero-order chi connectivity index (χ0) is 17.3. The van der Waals surface area contributed by atoms with Gasteiger partial charge in [-0.3, -0.25) is 19.9 Å². The molecule has 134 valence electrons. The SMILES string of the molecule is Cc1cc(CN2CCC3(CC2)CC(NC(=O)Cc2cn[nH]c2)C3)n[nH]1. The largest absolute Gasteiger partial charge is 0.353 e. The molecule has 1 aliphatic heterocycles. The van der Waals surface area contributed by atoms with Crippen molar-refractivity contribution in [2.75, 3.05) is 13.1 Å². The third-order valence-electron chi connectivity index (χ3n) is 5.70. The number of aryl methyl sites for hydroxylation is 1. The number of carbonyl (C=O) groups is 1. The summed E-state index contributed by atoms with van der Waals surface area (Å²) in [4.78, 5) is 14.6. The van der Waals surface area contributed by atoms with Crippen LogP contribution in [0.3, 0.4) is 0 Å². The first-order valence-electron chi connectivity index (χ1n) is 9.11. The third kappa shape index (κ3) is 3.76. The quantitative estimate of drug-likeness (QED) is 0.769. The zero-order valence-electron chi connectivity index (χ0n) is 14.7. The van der Waals surface area contributed by atoms with Crippen LogP contribution in [0.15, 0.2) is 18.5 Å². The molecule has 0 bridgehead atoms. The monoisotopic (exact) mass is 342 g/mol.